The fourth-order valence-corrected chi connectivity index (χ4v) is 2.26. The van der Waals surface area contributed by atoms with E-state index in [0.29, 0.717) is 16.7 Å². The molecule has 0 saturated heterocycles. The smallest absolute Gasteiger partial charge is 0.269 e. The van der Waals surface area contributed by atoms with Crippen LogP contribution in [0.3, 0.4) is 0 Å². The lowest BCUT2D eigenvalue weighted by atomic mass is 10.2. The van der Waals surface area contributed by atoms with Crippen LogP contribution in [0.15, 0.2) is 53.3 Å². The average Bonchev–Trinajstić information content (AvgIpc) is 2.57. The summed E-state index contributed by atoms with van der Waals surface area (Å²) in [7, 11) is 1.66. The van der Waals surface area contributed by atoms with E-state index in [4.69, 9.17) is 0 Å². The van der Waals surface area contributed by atoms with Crippen LogP contribution >= 0.6 is 0 Å². The number of rotatable bonds is 3. The average molecular weight is 307 g/mol. The van der Waals surface area contributed by atoms with Crippen molar-refractivity contribution < 1.29 is 4.92 Å². The van der Waals surface area contributed by atoms with Gasteiger partial charge in [0.15, 0.2) is 0 Å². The van der Waals surface area contributed by atoms with Crippen LogP contribution in [0.25, 0.3) is 23.1 Å². The Bertz CT molecular complexity index is 973. The summed E-state index contributed by atoms with van der Waals surface area (Å²) >= 11 is 0. The van der Waals surface area contributed by atoms with E-state index in [1.165, 1.54) is 16.7 Å². The first-order valence-electron chi connectivity index (χ1n) is 6.94. The lowest BCUT2D eigenvalue weighted by molar-refractivity contribution is -0.384. The largest absolute Gasteiger partial charge is 0.296 e. The van der Waals surface area contributed by atoms with E-state index in [1.54, 1.807) is 49.5 Å². The van der Waals surface area contributed by atoms with Crippen molar-refractivity contribution in [3.63, 3.8) is 0 Å². The van der Waals surface area contributed by atoms with Gasteiger partial charge in [-0.3, -0.25) is 19.5 Å². The van der Waals surface area contributed by atoms with E-state index >= 15 is 0 Å². The Hall–Kier alpha value is -3.28. The number of hydrogen-bond donors (Lipinski definition) is 0. The molecule has 0 N–H and O–H groups in total. The molecule has 0 unspecified atom stereocenters. The van der Waals surface area contributed by atoms with Crippen molar-refractivity contribution in [3.05, 3.63) is 80.4 Å². The topological polar surface area (TPSA) is 78.0 Å². The van der Waals surface area contributed by atoms with Crippen molar-refractivity contribution in [2.24, 2.45) is 7.05 Å². The third-order valence-corrected chi connectivity index (χ3v) is 3.55. The predicted octanol–water partition coefficient (Wildman–Crippen LogP) is 3.01. The second kappa shape index (κ2) is 5.84. The van der Waals surface area contributed by atoms with Gasteiger partial charge in [-0.15, -0.1) is 0 Å². The number of para-hydroxylation sites is 1. The summed E-state index contributed by atoms with van der Waals surface area (Å²) in [6.45, 7) is 0. The summed E-state index contributed by atoms with van der Waals surface area (Å²) in [4.78, 5) is 27.0. The van der Waals surface area contributed by atoms with Crippen molar-refractivity contribution in [1.29, 1.82) is 0 Å². The summed E-state index contributed by atoms with van der Waals surface area (Å²) in [5.74, 6) is 0.520. The molecule has 6 nitrogen and oxygen atoms in total. The summed E-state index contributed by atoms with van der Waals surface area (Å²) in [6.07, 6.45) is 3.48. The molecule has 0 bridgehead atoms. The first-order valence-corrected chi connectivity index (χ1v) is 6.94. The number of nitro groups is 1. The van der Waals surface area contributed by atoms with Crippen LogP contribution in [0, 0.1) is 10.1 Å². The number of aromatic nitrogens is 2. The molecule has 6 heteroatoms. The maximum absolute atomic E-state index is 12.3. The summed E-state index contributed by atoms with van der Waals surface area (Å²) in [5.41, 5.74) is 1.36. The zero-order valence-corrected chi connectivity index (χ0v) is 12.3. The fourth-order valence-electron chi connectivity index (χ4n) is 2.26. The van der Waals surface area contributed by atoms with Crippen LogP contribution in [-0.4, -0.2) is 14.5 Å². The minimum absolute atomic E-state index is 0.0402. The molecule has 1 heterocycles. The maximum Gasteiger partial charge on any atom is 0.269 e. The zero-order valence-electron chi connectivity index (χ0n) is 12.3. The molecule has 3 rings (SSSR count). The molecule has 23 heavy (non-hydrogen) atoms. The number of hydrogen-bond acceptors (Lipinski definition) is 4. The molecule has 0 aliphatic carbocycles. The highest BCUT2D eigenvalue weighted by atomic mass is 16.6. The molecule has 0 saturated carbocycles. The van der Waals surface area contributed by atoms with Gasteiger partial charge >= 0.3 is 0 Å². The Morgan fingerprint density at radius 2 is 1.78 bits per heavy atom. The molecule has 114 valence electrons. The Kier molecular flexibility index (Phi) is 3.72. The normalized spacial score (nSPS) is 11.2. The Morgan fingerprint density at radius 3 is 2.48 bits per heavy atom. The second-order valence-corrected chi connectivity index (χ2v) is 5.03. The summed E-state index contributed by atoms with van der Waals surface area (Å²) in [5, 5.41) is 11.2. The van der Waals surface area contributed by atoms with Gasteiger partial charge < -0.3 is 0 Å². The van der Waals surface area contributed by atoms with Gasteiger partial charge in [-0.25, -0.2) is 4.98 Å². The third kappa shape index (κ3) is 2.87. The number of non-ortho nitro benzene ring substituents is 1. The van der Waals surface area contributed by atoms with Crippen LogP contribution in [0.1, 0.15) is 11.4 Å². The van der Waals surface area contributed by atoms with Crippen LogP contribution in [0.5, 0.6) is 0 Å². The SMILES string of the molecule is Cn1c(C=Cc2ccc([N+](=O)[O-])cc2)nc2ccccc2c1=O. The highest BCUT2D eigenvalue weighted by molar-refractivity contribution is 5.79. The molecule has 0 amide bonds. The molecule has 0 atom stereocenters. The van der Waals surface area contributed by atoms with Crippen LogP contribution in [-0.2, 0) is 7.05 Å². The minimum Gasteiger partial charge on any atom is -0.296 e. The molecule has 0 radical (unpaired) electrons. The van der Waals surface area contributed by atoms with Gasteiger partial charge in [-0.1, -0.05) is 18.2 Å². The summed E-state index contributed by atoms with van der Waals surface area (Å²) in [6, 6.07) is 13.3. The zero-order chi connectivity index (χ0) is 16.4. The van der Waals surface area contributed by atoms with Crippen LogP contribution in [0.4, 0.5) is 5.69 Å². The Balaban J connectivity index is 1.99. The molecule has 0 fully saturated rings. The fraction of sp³-hybridized carbons (Fsp3) is 0.0588. The van der Waals surface area contributed by atoms with Gasteiger partial charge in [-0.2, -0.15) is 0 Å². The van der Waals surface area contributed by atoms with Crippen LogP contribution in [0.2, 0.25) is 0 Å². The molecule has 0 spiro atoms. The van der Waals surface area contributed by atoms with E-state index < -0.39 is 4.92 Å². The summed E-state index contributed by atoms with van der Waals surface area (Å²) < 4.78 is 1.48. The lowest BCUT2D eigenvalue weighted by Crippen LogP contribution is -2.20. The van der Waals surface area contributed by atoms with Crippen molar-refractivity contribution in [2.45, 2.75) is 0 Å². The molecule has 3 aromatic rings. The number of benzene rings is 2. The number of fused-ring (bicyclic) bond motifs is 1. The first-order chi connectivity index (χ1) is 11.1. The van der Waals surface area contributed by atoms with E-state index in [9.17, 15) is 14.9 Å². The van der Waals surface area contributed by atoms with E-state index in [0.717, 1.165) is 5.56 Å². The van der Waals surface area contributed by atoms with Gasteiger partial charge in [0.1, 0.15) is 5.82 Å². The van der Waals surface area contributed by atoms with Gasteiger partial charge in [0.05, 0.1) is 15.8 Å². The molecule has 0 aliphatic rings. The van der Waals surface area contributed by atoms with E-state index in [2.05, 4.69) is 4.98 Å². The van der Waals surface area contributed by atoms with Gasteiger partial charge in [0.25, 0.3) is 11.2 Å². The number of nitro benzene ring substituents is 1. The first kappa shape index (κ1) is 14.6. The van der Waals surface area contributed by atoms with Crippen molar-refractivity contribution in [2.75, 3.05) is 0 Å². The molecular weight excluding hydrogens is 294 g/mol. The van der Waals surface area contributed by atoms with Gasteiger partial charge in [-0.05, 0) is 35.9 Å². The molecule has 0 aliphatic heterocycles. The standard InChI is InChI=1S/C17H13N3O3/c1-19-16(18-15-5-3-2-4-14(15)17(19)21)11-8-12-6-9-13(10-7-12)20(22)23/h2-11H,1H3. The van der Waals surface area contributed by atoms with Crippen molar-refractivity contribution in [1.82, 2.24) is 9.55 Å². The second-order valence-electron chi connectivity index (χ2n) is 5.03. The number of nitrogens with zero attached hydrogens (tertiary/aromatic N) is 3. The lowest BCUT2D eigenvalue weighted by Gasteiger charge is -2.05. The molecule has 2 aromatic carbocycles. The predicted molar refractivity (Wildman–Crippen MR) is 89.0 cm³/mol. The molecule has 1 aromatic heterocycles. The Morgan fingerprint density at radius 1 is 1.09 bits per heavy atom. The van der Waals surface area contributed by atoms with Crippen molar-refractivity contribution >= 4 is 28.7 Å². The van der Waals surface area contributed by atoms with Gasteiger partial charge in [0, 0.05) is 19.2 Å². The molecular formula is C17H13N3O3. The third-order valence-electron chi connectivity index (χ3n) is 3.55. The van der Waals surface area contributed by atoms with Crippen LogP contribution < -0.4 is 5.56 Å². The van der Waals surface area contributed by atoms with E-state index in [-0.39, 0.29) is 11.2 Å². The van der Waals surface area contributed by atoms with Gasteiger partial charge in [0.2, 0.25) is 0 Å². The van der Waals surface area contributed by atoms with Crippen molar-refractivity contribution in [3.8, 4) is 0 Å². The highest BCUT2D eigenvalue weighted by Crippen LogP contribution is 2.14. The quantitative estimate of drug-likeness (QED) is 0.550. The highest BCUT2D eigenvalue weighted by Gasteiger charge is 2.06. The maximum atomic E-state index is 12.3. The van der Waals surface area contributed by atoms with E-state index in [1.807, 2.05) is 6.07 Å². The Labute approximate surface area is 131 Å². The monoisotopic (exact) mass is 307 g/mol. The minimum atomic E-state index is -0.442.